The maximum Gasteiger partial charge on any atom is 0.329 e. The molecule has 0 radical (unpaired) electrons. The Bertz CT molecular complexity index is 568. The summed E-state index contributed by atoms with van der Waals surface area (Å²) in [6.07, 6.45) is 0. The molecule has 0 fully saturated rings. The number of H-pyrrole nitrogens is 1. The first-order valence-corrected chi connectivity index (χ1v) is 7.20. The van der Waals surface area contributed by atoms with Gasteiger partial charge in [-0.15, -0.1) is 0 Å². The second-order valence-electron chi connectivity index (χ2n) is 5.68. The monoisotopic (exact) mass is 292 g/mol. The Morgan fingerprint density at radius 2 is 2.10 bits per heavy atom. The van der Waals surface area contributed by atoms with E-state index < -0.39 is 11.6 Å². The van der Waals surface area contributed by atoms with Crippen molar-refractivity contribution < 1.29 is 9.53 Å². The molecule has 108 valence electrons. The number of benzene rings is 1. The summed E-state index contributed by atoms with van der Waals surface area (Å²) in [5, 5.41) is 4.23. The van der Waals surface area contributed by atoms with Crippen LogP contribution in [0.2, 0.25) is 0 Å². The van der Waals surface area contributed by atoms with Gasteiger partial charge in [0.05, 0.1) is 0 Å². The van der Waals surface area contributed by atoms with Crippen molar-refractivity contribution in [2.75, 3.05) is 11.1 Å². The first-order chi connectivity index (χ1) is 9.39. The van der Waals surface area contributed by atoms with Crippen LogP contribution in [0.5, 0.6) is 0 Å². The van der Waals surface area contributed by atoms with Crippen LogP contribution in [0.1, 0.15) is 20.8 Å². The van der Waals surface area contributed by atoms with Gasteiger partial charge in [-0.1, -0.05) is 18.2 Å². The lowest BCUT2D eigenvalue weighted by Crippen LogP contribution is -2.37. The molecule has 1 aromatic carbocycles. The first kappa shape index (κ1) is 14.8. The number of hydrogen-bond donors (Lipinski definition) is 3. The summed E-state index contributed by atoms with van der Waals surface area (Å²) in [6, 6.07) is 9.43. The number of esters is 1. The Kier molecular flexibility index (Phi) is 4.28. The van der Waals surface area contributed by atoms with Crippen molar-refractivity contribution in [3.05, 3.63) is 30.3 Å². The van der Waals surface area contributed by atoms with Gasteiger partial charge in [-0.25, -0.2) is 4.79 Å². The van der Waals surface area contributed by atoms with Crippen LogP contribution in [-0.2, 0) is 9.53 Å². The molecular weight excluding hydrogens is 272 g/mol. The fourth-order valence-electron chi connectivity index (χ4n) is 1.89. The molecular formula is C15H20N2O2S. The molecule has 4 nitrogen and oxygen atoms in total. The molecule has 1 aromatic heterocycles. The van der Waals surface area contributed by atoms with Crippen molar-refractivity contribution in [2.45, 2.75) is 32.4 Å². The van der Waals surface area contributed by atoms with E-state index in [2.05, 4.69) is 22.9 Å². The van der Waals surface area contributed by atoms with Crippen molar-refractivity contribution >= 4 is 35.3 Å². The first-order valence-electron chi connectivity index (χ1n) is 6.57. The Morgan fingerprint density at radius 1 is 1.40 bits per heavy atom. The molecule has 20 heavy (non-hydrogen) atoms. The van der Waals surface area contributed by atoms with Gasteiger partial charge in [0.2, 0.25) is 0 Å². The molecule has 0 saturated heterocycles. The molecule has 0 amide bonds. The second kappa shape index (κ2) is 5.79. The number of aromatic amines is 1. The number of anilines is 1. The third-order valence-electron chi connectivity index (χ3n) is 2.73. The molecule has 0 bridgehead atoms. The van der Waals surface area contributed by atoms with Crippen molar-refractivity contribution in [2.24, 2.45) is 0 Å². The number of hydrogen-bond acceptors (Lipinski definition) is 4. The van der Waals surface area contributed by atoms with E-state index in [4.69, 9.17) is 4.74 Å². The number of carbonyl (C=O) groups excluding carboxylic acids is 1. The zero-order chi connectivity index (χ0) is 14.8. The lowest BCUT2D eigenvalue weighted by atomic mass is 10.2. The predicted molar refractivity (Wildman–Crippen MR) is 85.4 cm³/mol. The Balaban J connectivity index is 2.11. The average molecular weight is 292 g/mol. The fourth-order valence-corrected chi connectivity index (χ4v) is 2.13. The quantitative estimate of drug-likeness (QED) is 0.599. The lowest BCUT2D eigenvalue weighted by Gasteiger charge is -2.23. The number of carbonyl (C=O) groups is 1. The van der Waals surface area contributed by atoms with Gasteiger partial charge in [-0.05, 0) is 32.9 Å². The summed E-state index contributed by atoms with van der Waals surface area (Å²) in [5.41, 5.74) is 0.526. The molecule has 2 aromatic rings. The third-order valence-corrected chi connectivity index (χ3v) is 3.10. The summed E-state index contributed by atoms with van der Waals surface area (Å²) >= 11 is 4.22. The van der Waals surface area contributed by atoms with Gasteiger partial charge in [0.15, 0.2) is 0 Å². The number of aromatic nitrogens is 1. The molecule has 0 aliphatic heterocycles. The highest BCUT2D eigenvalue weighted by molar-refractivity contribution is 7.80. The van der Waals surface area contributed by atoms with E-state index in [1.165, 1.54) is 0 Å². The topological polar surface area (TPSA) is 54.1 Å². The van der Waals surface area contributed by atoms with Crippen molar-refractivity contribution in [3.63, 3.8) is 0 Å². The van der Waals surface area contributed by atoms with E-state index in [1.54, 1.807) is 0 Å². The molecule has 1 heterocycles. The molecule has 2 rings (SSSR count). The van der Waals surface area contributed by atoms with E-state index in [0.717, 1.165) is 16.7 Å². The largest absolute Gasteiger partial charge is 0.458 e. The van der Waals surface area contributed by atoms with E-state index in [1.807, 2.05) is 51.1 Å². The summed E-state index contributed by atoms with van der Waals surface area (Å²) in [7, 11) is 0. The predicted octanol–water partition coefficient (Wildman–Crippen LogP) is 3.22. The van der Waals surface area contributed by atoms with Gasteiger partial charge in [0.1, 0.15) is 17.5 Å². The van der Waals surface area contributed by atoms with Crippen LogP contribution in [0.3, 0.4) is 0 Å². The molecule has 5 heteroatoms. The maximum atomic E-state index is 12.1. The number of thiol groups is 1. The van der Waals surface area contributed by atoms with Crippen LogP contribution in [0.15, 0.2) is 30.3 Å². The Labute approximate surface area is 124 Å². The van der Waals surface area contributed by atoms with Crippen LogP contribution in [0, 0.1) is 0 Å². The fraction of sp³-hybridized carbons (Fsp3) is 0.400. The molecule has 0 unspecified atom stereocenters. The van der Waals surface area contributed by atoms with E-state index >= 15 is 0 Å². The second-order valence-corrected chi connectivity index (χ2v) is 6.05. The molecule has 0 aliphatic carbocycles. The van der Waals surface area contributed by atoms with Crippen LogP contribution in [0.25, 0.3) is 10.9 Å². The number of rotatable bonds is 4. The van der Waals surface area contributed by atoms with Crippen molar-refractivity contribution in [1.82, 2.24) is 4.98 Å². The average Bonchev–Trinajstić information content (AvgIpc) is 2.75. The minimum Gasteiger partial charge on any atom is -0.458 e. The summed E-state index contributed by atoms with van der Waals surface area (Å²) < 4.78 is 5.37. The van der Waals surface area contributed by atoms with Gasteiger partial charge in [0.25, 0.3) is 0 Å². The Morgan fingerprint density at radius 3 is 2.70 bits per heavy atom. The highest BCUT2D eigenvalue weighted by Gasteiger charge is 2.24. The Hall–Kier alpha value is -1.62. The zero-order valence-corrected chi connectivity index (χ0v) is 12.8. The summed E-state index contributed by atoms with van der Waals surface area (Å²) in [6.45, 7) is 5.55. The number of para-hydroxylation sites is 1. The van der Waals surface area contributed by atoms with E-state index in [0.29, 0.717) is 5.75 Å². The van der Waals surface area contributed by atoms with Gasteiger partial charge in [-0.3, -0.25) is 0 Å². The summed E-state index contributed by atoms with van der Waals surface area (Å²) in [4.78, 5) is 15.3. The van der Waals surface area contributed by atoms with E-state index in [-0.39, 0.29) is 5.97 Å². The smallest absolute Gasteiger partial charge is 0.329 e. The number of nitrogens with one attached hydrogen (secondary N) is 2. The normalized spacial score (nSPS) is 13.2. The van der Waals surface area contributed by atoms with Crippen LogP contribution >= 0.6 is 12.6 Å². The molecule has 0 spiro atoms. The zero-order valence-electron chi connectivity index (χ0n) is 11.9. The summed E-state index contributed by atoms with van der Waals surface area (Å²) in [5.74, 6) is 0.854. The van der Waals surface area contributed by atoms with Crippen LogP contribution < -0.4 is 5.32 Å². The standard InChI is InChI=1S/C15H20N2O2S/c1-15(2,3)19-14(18)12(9-20)17-13-8-10-6-4-5-7-11(10)16-13/h4-8,12,16-17,20H,9H2,1-3H3/t12-/m0/s1. The van der Waals surface area contributed by atoms with Gasteiger partial charge < -0.3 is 15.0 Å². The minimum atomic E-state index is -0.500. The highest BCUT2D eigenvalue weighted by Crippen LogP contribution is 2.19. The van der Waals surface area contributed by atoms with Gasteiger partial charge in [-0.2, -0.15) is 12.6 Å². The van der Waals surface area contributed by atoms with E-state index in [9.17, 15) is 4.79 Å². The SMILES string of the molecule is CC(C)(C)OC(=O)[C@H](CS)Nc1cc2ccccc2[nH]1. The minimum absolute atomic E-state index is 0.300. The third kappa shape index (κ3) is 3.70. The van der Waals surface area contributed by atoms with Crippen molar-refractivity contribution in [1.29, 1.82) is 0 Å². The highest BCUT2D eigenvalue weighted by atomic mass is 32.1. The number of ether oxygens (including phenoxy) is 1. The molecule has 2 N–H and O–H groups in total. The maximum absolute atomic E-state index is 12.1. The van der Waals surface area contributed by atoms with Crippen LogP contribution in [0.4, 0.5) is 5.82 Å². The number of fused-ring (bicyclic) bond motifs is 1. The molecule has 1 atom stereocenters. The molecule has 0 saturated carbocycles. The van der Waals surface area contributed by atoms with Gasteiger partial charge in [0, 0.05) is 16.7 Å². The van der Waals surface area contributed by atoms with Crippen LogP contribution in [-0.4, -0.2) is 28.3 Å². The molecule has 0 aliphatic rings. The lowest BCUT2D eigenvalue weighted by molar-refractivity contribution is -0.155. The van der Waals surface area contributed by atoms with Gasteiger partial charge >= 0.3 is 5.97 Å². The van der Waals surface area contributed by atoms with Crippen molar-refractivity contribution in [3.8, 4) is 0 Å².